The largest absolute Gasteiger partial charge is 0.349 e. The zero-order chi connectivity index (χ0) is 18.5. The van der Waals surface area contributed by atoms with Gasteiger partial charge in [0.05, 0.1) is 17.8 Å². The molecule has 9 heteroatoms. The van der Waals surface area contributed by atoms with Crippen molar-refractivity contribution in [1.82, 2.24) is 24.9 Å². The fourth-order valence-electron chi connectivity index (χ4n) is 3.12. The van der Waals surface area contributed by atoms with Gasteiger partial charge in [0.25, 0.3) is 5.91 Å². The highest BCUT2D eigenvalue weighted by molar-refractivity contribution is 6.30. The molecule has 0 bridgehead atoms. The van der Waals surface area contributed by atoms with Crippen LogP contribution in [0, 0.1) is 5.92 Å². The Morgan fingerprint density at radius 2 is 2.08 bits per heavy atom. The molecule has 26 heavy (non-hydrogen) atoms. The zero-order valence-electron chi connectivity index (χ0n) is 14.7. The molecule has 3 rings (SSSR count). The van der Waals surface area contributed by atoms with Gasteiger partial charge in [-0.3, -0.25) is 19.0 Å². The van der Waals surface area contributed by atoms with Crippen LogP contribution in [-0.4, -0.2) is 37.9 Å². The number of nitrogens with zero attached hydrogens (tertiary/aromatic N) is 4. The number of nitrogens with one attached hydrogen (secondary N) is 2. The van der Waals surface area contributed by atoms with E-state index in [2.05, 4.69) is 20.8 Å². The lowest BCUT2D eigenvalue weighted by Crippen LogP contribution is -2.27. The van der Waals surface area contributed by atoms with Gasteiger partial charge in [0.1, 0.15) is 5.82 Å². The summed E-state index contributed by atoms with van der Waals surface area (Å²) in [5, 5.41) is 14.5. The highest BCUT2D eigenvalue weighted by atomic mass is 35.5. The minimum Gasteiger partial charge on any atom is -0.349 e. The molecular weight excluding hydrogens is 356 g/mol. The van der Waals surface area contributed by atoms with Crippen molar-refractivity contribution in [2.75, 3.05) is 11.9 Å². The Bertz CT molecular complexity index is 778. The van der Waals surface area contributed by atoms with Crippen molar-refractivity contribution in [2.45, 2.75) is 38.6 Å². The number of hydrogen-bond acceptors (Lipinski definition) is 4. The summed E-state index contributed by atoms with van der Waals surface area (Å²) < 4.78 is 3.17. The Kier molecular flexibility index (Phi) is 5.92. The number of halogens is 1. The van der Waals surface area contributed by atoms with E-state index in [1.807, 2.05) is 0 Å². The van der Waals surface area contributed by atoms with Gasteiger partial charge in [-0.2, -0.15) is 10.2 Å². The molecule has 8 nitrogen and oxygen atoms in total. The fraction of sp³-hybridized carbons (Fsp3) is 0.529. The monoisotopic (exact) mass is 378 g/mol. The molecule has 0 radical (unpaired) electrons. The van der Waals surface area contributed by atoms with Crippen LogP contribution in [0.3, 0.4) is 0 Å². The predicted molar refractivity (Wildman–Crippen MR) is 98.0 cm³/mol. The van der Waals surface area contributed by atoms with Crippen LogP contribution in [0.25, 0.3) is 0 Å². The number of amides is 2. The number of anilines is 1. The molecule has 0 unspecified atom stereocenters. The Labute approximate surface area is 156 Å². The maximum Gasteiger partial charge on any atom is 0.271 e. The quantitative estimate of drug-likeness (QED) is 0.805. The van der Waals surface area contributed by atoms with Gasteiger partial charge in [-0.05, 0) is 12.8 Å². The topological polar surface area (TPSA) is 93.8 Å². The molecule has 1 aliphatic rings. The second-order valence-electron chi connectivity index (χ2n) is 6.54. The van der Waals surface area contributed by atoms with Crippen LogP contribution >= 0.6 is 11.6 Å². The first-order valence-corrected chi connectivity index (χ1v) is 9.22. The van der Waals surface area contributed by atoms with Gasteiger partial charge in [-0.1, -0.05) is 30.9 Å². The standard InChI is InChI=1S/C17H23ClN6O2/c1-23-15(21-16(25)12-5-3-2-4-6-12)9-14(22-23)17(26)19-7-8-24-11-13(18)10-20-24/h9-12H,2-8H2,1H3,(H,19,26)(H,21,25). The van der Waals surface area contributed by atoms with Crippen molar-refractivity contribution in [2.24, 2.45) is 13.0 Å². The number of carbonyl (C=O) groups is 2. The van der Waals surface area contributed by atoms with Gasteiger partial charge in [0, 0.05) is 31.8 Å². The fourth-order valence-corrected chi connectivity index (χ4v) is 3.28. The lowest BCUT2D eigenvalue weighted by atomic mass is 9.89. The van der Waals surface area contributed by atoms with Gasteiger partial charge in [-0.25, -0.2) is 0 Å². The molecule has 0 aliphatic heterocycles. The van der Waals surface area contributed by atoms with Crippen molar-refractivity contribution >= 4 is 29.2 Å². The molecule has 0 aromatic carbocycles. The Morgan fingerprint density at radius 1 is 1.31 bits per heavy atom. The molecule has 0 spiro atoms. The molecule has 140 valence electrons. The molecule has 2 N–H and O–H groups in total. The van der Waals surface area contributed by atoms with Crippen molar-refractivity contribution in [3.05, 3.63) is 29.2 Å². The van der Waals surface area contributed by atoms with Crippen LogP contribution in [0.1, 0.15) is 42.6 Å². The third kappa shape index (κ3) is 4.63. The van der Waals surface area contributed by atoms with Gasteiger partial charge in [0.15, 0.2) is 5.69 Å². The molecule has 2 aromatic heterocycles. The summed E-state index contributed by atoms with van der Waals surface area (Å²) in [6, 6.07) is 1.60. The van der Waals surface area contributed by atoms with Crippen LogP contribution in [0.15, 0.2) is 18.5 Å². The van der Waals surface area contributed by atoms with Crippen molar-refractivity contribution < 1.29 is 9.59 Å². The van der Waals surface area contributed by atoms with Crippen LogP contribution in [-0.2, 0) is 18.4 Å². The van der Waals surface area contributed by atoms with Gasteiger partial charge in [0.2, 0.25) is 5.91 Å². The van der Waals surface area contributed by atoms with E-state index < -0.39 is 0 Å². The number of aryl methyl sites for hydroxylation is 1. The summed E-state index contributed by atoms with van der Waals surface area (Å²) in [4.78, 5) is 24.6. The molecule has 1 saturated carbocycles. The first-order chi connectivity index (χ1) is 12.5. The summed E-state index contributed by atoms with van der Waals surface area (Å²) in [5.41, 5.74) is 0.268. The summed E-state index contributed by atoms with van der Waals surface area (Å²) in [7, 11) is 1.71. The SMILES string of the molecule is Cn1nc(C(=O)NCCn2cc(Cl)cn2)cc1NC(=O)C1CCCCC1. The molecule has 0 atom stereocenters. The lowest BCUT2D eigenvalue weighted by Gasteiger charge is -2.20. The van der Waals surface area contributed by atoms with Crippen LogP contribution in [0.2, 0.25) is 5.02 Å². The van der Waals surface area contributed by atoms with E-state index in [9.17, 15) is 9.59 Å². The highest BCUT2D eigenvalue weighted by Gasteiger charge is 2.22. The Hall–Kier alpha value is -2.35. The van der Waals surface area contributed by atoms with Gasteiger partial charge < -0.3 is 10.6 Å². The van der Waals surface area contributed by atoms with E-state index in [-0.39, 0.29) is 23.4 Å². The molecule has 1 fully saturated rings. The molecule has 2 heterocycles. The molecule has 2 amide bonds. The van der Waals surface area contributed by atoms with E-state index >= 15 is 0 Å². The van der Waals surface area contributed by atoms with E-state index in [4.69, 9.17) is 11.6 Å². The summed E-state index contributed by atoms with van der Waals surface area (Å²) in [6.07, 6.45) is 8.47. The van der Waals surface area contributed by atoms with Gasteiger partial charge in [-0.15, -0.1) is 0 Å². The number of carbonyl (C=O) groups excluding carboxylic acids is 2. The van der Waals surface area contributed by atoms with Crippen LogP contribution in [0.5, 0.6) is 0 Å². The maximum atomic E-state index is 12.4. The van der Waals surface area contributed by atoms with Crippen molar-refractivity contribution in [3.8, 4) is 0 Å². The summed E-state index contributed by atoms with van der Waals surface area (Å²) in [5.74, 6) is 0.300. The third-order valence-corrected chi connectivity index (χ3v) is 4.76. The van der Waals surface area contributed by atoms with Crippen LogP contribution in [0.4, 0.5) is 5.82 Å². The summed E-state index contributed by atoms with van der Waals surface area (Å²) >= 11 is 5.80. The van der Waals surface area contributed by atoms with E-state index in [0.717, 1.165) is 25.7 Å². The second-order valence-corrected chi connectivity index (χ2v) is 6.98. The molecular formula is C17H23ClN6O2. The second kappa shape index (κ2) is 8.35. The van der Waals surface area contributed by atoms with Gasteiger partial charge >= 0.3 is 0 Å². The number of rotatable bonds is 6. The van der Waals surface area contributed by atoms with Crippen LogP contribution < -0.4 is 10.6 Å². The lowest BCUT2D eigenvalue weighted by molar-refractivity contribution is -0.120. The molecule has 0 saturated heterocycles. The highest BCUT2D eigenvalue weighted by Crippen LogP contribution is 2.25. The van der Waals surface area contributed by atoms with E-state index in [0.29, 0.717) is 23.9 Å². The number of aromatic nitrogens is 4. The number of hydrogen-bond donors (Lipinski definition) is 2. The third-order valence-electron chi connectivity index (χ3n) is 4.57. The average molecular weight is 379 g/mol. The minimum atomic E-state index is -0.294. The van der Waals surface area contributed by atoms with E-state index in [1.54, 1.807) is 30.2 Å². The van der Waals surface area contributed by atoms with Crippen molar-refractivity contribution in [3.63, 3.8) is 0 Å². The average Bonchev–Trinajstić information content (AvgIpc) is 3.21. The summed E-state index contributed by atoms with van der Waals surface area (Å²) in [6.45, 7) is 0.910. The zero-order valence-corrected chi connectivity index (χ0v) is 15.5. The van der Waals surface area contributed by atoms with E-state index in [1.165, 1.54) is 11.1 Å². The molecule has 1 aliphatic carbocycles. The normalized spacial score (nSPS) is 15.0. The Balaban J connectivity index is 1.52. The first-order valence-electron chi connectivity index (χ1n) is 8.84. The molecule has 2 aromatic rings. The minimum absolute atomic E-state index is 0.00946. The predicted octanol–water partition coefficient (Wildman–Crippen LogP) is 2.22. The first kappa shape index (κ1) is 18.4. The smallest absolute Gasteiger partial charge is 0.271 e. The Morgan fingerprint density at radius 3 is 2.77 bits per heavy atom. The maximum absolute atomic E-state index is 12.4. The van der Waals surface area contributed by atoms with Crippen molar-refractivity contribution in [1.29, 1.82) is 0 Å².